The Labute approximate surface area is 178 Å². The molecule has 5 heteroatoms. The van der Waals surface area contributed by atoms with Crippen molar-refractivity contribution in [3.63, 3.8) is 0 Å². The number of rotatable bonds is 5. The number of nitrogens with zero attached hydrogens (tertiary/aromatic N) is 2. The SMILES string of the molecule is CC1(CC(O)C2CCC(c3ccnc4ccc(F)cc34)CC2)C=CN(C=N)C1(C)C. The number of benzene rings is 1. The van der Waals surface area contributed by atoms with Crippen molar-refractivity contribution in [2.75, 3.05) is 0 Å². The second-order valence-electron chi connectivity index (χ2n) is 9.77. The molecule has 1 aliphatic carbocycles. The third-order valence-corrected chi connectivity index (χ3v) is 7.91. The van der Waals surface area contributed by atoms with Crippen LogP contribution in [0, 0.1) is 22.6 Å². The van der Waals surface area contributed by atoms with Crippen molar-refractivity contribution in [3.05, 3.63) is 54.1 Å². The summed E-state index contributed by atoms with van der Waals surface area (Å²) in [6.45, 7) is 6.45. The summed E-state index contributed by atoms with van der Waals surface area (Å²) in [6, 6.07) is 6.84. The first kappa shape index (κ1) is 21.0. The molecule has 1 fully saturated rings. The maximum atomic E-state index is 13.8. The summed E-state index contributed by atoms with van der Waals surface area (Å²) in [5.41, 5.74) is 1.61. The van der Waals surface area contributed by atoms with E-state index in [1.807, 2.05) is 23.4 Å². The van der Waals surface area contributed by atoms with Gasteiger partial charge in [0.25, 0.3) is 0 Å². The predicted octanol–water partition coefficient (Wildman–Crippen LogP) is 5.62. The molecule has 2 aliphatic rings. The minimum atomic E-state index is -0.364. The van der Waals surface area contributed by atoms with Gasteiger partial charge in [0, 0.05) is 28.7 Å². The molecular formula is C25H32FN3O. The second-order valence-corrected chi connectivity index (χ2v) is 9.77. The first-order valence-electron chi connectivity index (χ1n) is 11.0. The first-order valence-corrected chi connectivity index (χ1v) is 11.0. The molecule has 2 atom stereocenters. The molecule has 0 saturated heterocycles. The van der Waals surface area contributed by atoms with Gasteiger partial charge in [-0.1, -0.05) is 13.0 Å². The van der Waals surface area contributed by atoms with Crippen LogP contribution in [0.25, 0.3) is 10.9 Å². The molecule has 2 aromatic rings. The number of aromatic nitrogens is 1. The third-order valence-electron chi connectivity index (χ3n) is 7.91. The van der Waals surface area contributed by atoms with E-state index in [-0.39, 0.29) is 28.8 Å². The number of aliphatic hydroxyl groups is 1. The van der Waals surface area contributed by atoms with E-state index in [9.17, 15) is 9.50 Å². The van der Waals surface area contributed by atoms with Gasteiger partial charge in [-0.3, -0.25) is 10.4 Å². The molecule has 1 aromatic carbocycles. The van der Waals surface area contributed by atoms with Crippen LogP contribution in [-0.2, 0) is 0 Å². The molecule has 1 saturated carbocycles. The number of hydrogen-bond donors (Lipinski definition) is 2. The van der Waals surface area contributed by atoms with E-state index < -0.39 is 0 Å². The molecule has 0 amide bonds. The topological polar surface area (TPSA) is 60.2 Å². The molecule has 0 bridgehead atoms. The van der Waals surface area contributed by atoms with Crippen LogP contribution in [0.1, 0.15) is 64.4 Å². The van der Waals surface area contributed by atoms with Crippen LogP contribution in [0.4, 0.5) is 4.39 Å². The van der Waals surface area contributed by atoms with E-state index in [4.69, 9.17) is 5.41 Å². The highest BCUT2D eigenvalue weighted by Gasteiger charge is 2.48. The molecule has 2 N–H and O–H groups in total. The summed E-state index contributed by atoms with van der Waals surface area (Å²) in [7, 11) is 0. The van der Waals surface area contributed by atoms with Crippen LogP contribution in [0.3, 0.4) is 0 Å². The van der Waals surface area contributed by atoms with Crippen molar-refractivity contribution in [1.82, 2.24) is 9.88 Å². The average molecular weight is 410 g/mol. The Bertz CT molecular complexity index is 964. The number of nitrogens with one attached hydrogen (secondary N) is 1. The molecule has 0 spiro atoms. The monoisotopic (exact) mass is 409 g/mol. The van der Waals surface area contributed by atoms with E-state index in [2.05, 4.69) is 31.8 Å². The molecule has 4 nitrogen and oxygen atoms in total. The fraction of sp³-hybridized carbons (Fsp3) is 0.520. The van der Waals surface area contributed by atoms with E-state index in [1.165, 1.54) is 18.0 Å². The van der Waals surface area contributed by atoms with Gasteiger partial charge in [-0.15, -0.1) is 0 Å². The van der Waals surface area contributed by atoms with E-state index in [1.54, 1.807) is 12.1 Å². The molecule has 1 aromatic heterocycles. The van der Waals surface area contributed by atoms with Gasteiger partial charge in [0.2, 0.25) is 0 Å². The Hall–Kier alpha value is -2.27. The lowest BCUT2D eigenvalue weighted by atomic mass is 9.67. The van der Waals surface area contributed by atoms with Crippen molar-refractivity contribution >= 4 is 17.2 Å². The molecule has 4 rings (SSSR count). The normalized spacial score (nSPS) is 29.3. The first-order chi connectivity index (χ1) is 14.2. The Morgan fingerprint density at radius 1 is 1.23 bits per heavy atom. The third kappa shape index (κ3) is 3.53. The summed E-state index contributed by atoms with van der Waals surface area (Å²) in [5, 5.41) is 19.6. The Morgan fingerprint density at radius 2 is 1.97 bits per heavy atom. The maximum Gasteiger partial charge on any atom is 0.123 e. The number of aliphatic hydroxyl groups excluding tert-OH is 1. The largest absolute Gasteiger partial charge is 0.393 e. The van der Waals surface area contributed by atoms with Crippen molar-refractivity contribution in [1.29, 1.82) is 5.41 Å². The van der Waals surface area contributed by atoms with Crippen LogP contribution in [0.5, 0.6) is 0 Å². The van der Waals surface area contributed by atoms with Gasteiger partial charge in [-0.05, 0) is 87.6 Å². The maximum absolute atomic E-state index is 13.8. The van der Waals surface area contributed by atoms with E-state index in [0.717, 1.165) is 36.6 Å². The fourth-order valence-electron chi connectivity index (χ4n) is 5.36. The Balaban J connectivity index is 1.44. The van der Waals surface area contributed by atoms with Crippen LogP contribution in [0.15, 0.2) is 42.7 Å². The summed E-state index contributed by atoms with van der Waals surface area (Å²) in [5.74, 6) is 0.439. The van der Waals surface area contributed by atoms with Gasteiger partial charge in [0.05, 0.1) is 18.0 Å². The van der Waals surface area contributed by atoms with Gasteiger partial charge in [-0.2, -0.15) is 0 Å². The number of hydrogen-bond acceptors (Lipinski definition) is 3. The van der Waals surface area contributed by atoms with E-state index >= 15 is 0 Å². The van der Waals surface area contributed by atoms with Gasteiger partial charge in [0.1, 0.15) is 5.82 Å². The van der Waals surface area contributed by atoms with Crippen LogP contribution >= 0.6 is 0 Å². The summed E-state index contributed by atoms with van der Waals surface area (Å²) < 4.78 is 13.8. The second kappa shape index (κ2) is 7.77. The predicted molar refractivity (Wildman–Crippen MR) is 119 cm³/mol. The van der Waals surface area contributed by atoms with Gasteiger partial charge >= 0.3 is 0 Å². The highest BCUT2D eigenvalue weighted by Crippen LogP contribution is 2.48. The van der Waals surface area contributed by atoms with Crippen molar-refractivity contribution in [2.45, 2.75) is 70.4 Å². The molecule has 2 heterocycles. The molecule has 0 radical (unpaired) electrons. The Kier molecular flexibility index (Phi) is 5.43. The van der Waals surface area contributed by atoms with Gasteiger partial charge in [0.15, 0.2) is 0 Å². The highest BCUT2D eigenvalue weighted by molar-refractivity contribution is 5.82. The van der Waals surface area contributed by atoms with Crippen LogP contribution in [0.2, 0.25) is 0 Å². The van der Waals surface area contributed by atoms with Crippen molar-refractivity contribution < 1.29 is 9.50 Å². The van der Waals surface area contributed by atoms with Crippen LogP contribution in [-0.4, -0.2) is 33.0 Å². The highest BCUT2D eigenvalue weighted by atomic mass is 19.1. The number of pyridine rings is 1. The summed E-state index contributed by atoms with van der Waals surface area (Å²) in [6.07, 6.45) is 11.6. The fourth-order valence-corrected chi connectivity index (χ4v) is 5.36. The minimum Gasteiger partial charge on any atom is -0.393 e. The average Bonchev–Trinajstić information content (AvgIpc) is 2.95. The molecule has 1 aliphatic heterocycles. The molecule has 160 valence electrons. The molecule has 30 heavy (non-hydrogen) atoms. The number of fused-ring (bicyclic) bond motifs is 1. The zero-order valence-corrected chi connectivity index (χ0v) is 18.1. The van der Waals surface area contributed by atoms with Gasteiger partial charge < -0.3 is 10.0 Å². The zero-order valence-electron chi connectivity index (χ0n) is 18.1. The van der Waals surface area contributed by atoms with Crippen LogP contribution < -0.4 is 0 Å². The Morgan fingerprint density at radius 3 is 2.63 bits per heavy atom. The smallest absolute Gasteiger partial charge is 0.123 e. The quantitative estimate of drug-likeness (QED) is 0.498. The summed E-state index contributed by atoms with van der Waals surface area (Å²) >= 11 is 0. The van der Waals surface area contributed by atoms with Gasteiger partial charge in [-0.25, -0.2) is 4.39 Å². The van der Waals surface area contributed by atoms with Crippen molar-refractivity contribution in [2.24, 2.45) is 11.3 Å². The lowest BCUT2D eigenvalue weighted by Gasteiger charge is -2.44. The lowest BCUT2D eigenvalue weighted by Crippen LogP contribution is -2.49. The molecule has 2 unspecified atom stereocenters. The standard InChI is InChI=1S/C25H32FN3O/c1-24(2)25(3,11-13-29(24)16-27)15-23(30)18-6-4-17(5-7-18)20-10-12-28-22-9-8-19(26)14-21(20)22/h8-14,16-18,23,27,30H,4-7,15H2,1-3H3. The lowest BCUT2D eigenvalue weighted by molar-refractivity contribution is 0.0205. The summed E-state index contributed by atoms with van der Waals surface area (Å²) in [4.78, 5) is 6.30. The zero-order chi connectivity index (χ0) is 21.5. The molecular weight excluding hydrogens is 377 g/mol. The van der Waals surface area contributed by atoms with Crippen molar-refractivity contribution in [3.8, 4) is 0 Å². The minimum absolute atomic E-state index is 0.181. The van der Waals surface area contributed by atoms with E-state index in [0.29, 0.717) is 12.3 Å². The number of halogens is 1.